The summed E-state index contributed by atoms with van der Waals surface area (Å²) in [6.45, 7) is 17.4. The summed E-state index contributed by atoms with van der Waals surface area (Å²) in [4.78, 5) is 9.73. The van der Waals surface area contributed by atoms with E-state index in [-0.39, 0.29) is 12.2 Å². The normalized spacial score (nSPS) is 11.4. The highest BCUT2D eigenvalue weighted by molar-refractivity contribution is 7.31. The fraction of sp³-hybridized carbons (Fsp3) is 0.188. The van der Waals surface area contributed by atoms with Gasteiger partial charge in [-0.15, -0.1) is 45.3 Å². The average Bonchev–Trinajstić information content (AvgIpc) is 4.14. The van der Waals surface area contributed by atoms with Gasteiger partial charge in [-0.2, -0.15) is 0 Å². The monoisotopic (exact) mass is 1020 g/mol. The van der Waals surface area contributed by atoms with Gasteiger partial charge >= 0.3 is 0 Å². The molecule has 0 atom stereocenters. The molecule has 4 aromatic heterocycles. The molecule has 8 heteroatoms. The number of hydrogen-bond acceptors (Lipinski definition) is 8. The molecular formula is C64H58O4S4. The van der Waals surface area contributed by atoms with E-state index in [1.54, 1.807) is 14.2 Å². The molecule has 0 saturated heterocycles. The Kier molecular flexibility index (Phi) is 14.1. The van der Waals surface area contributed by atoms with Gasteiger partial charge in [0.2, 0.25) is 0 Å². The van der Waals surface area contributed by atoms with E-state index in [4.69, 9.17) is 18.9 Å². The molecule has 0 bridgehead atoms. The van der Waals surface area contributed by atoms with Gasteiger partial charge in [0.15, 0.2) is 0 Å². The van der Waals surface area contributed by atoms with Gasteiger partial charge in [0.25, 0.3) is 0 Å². The summed E-state index contributed by atoms with van der Waals surface area (Å²) in [6, 6.07) is 56.3. The van der Waals surface area contributed by atoms with Crippen LogP contribution in [0.3, 0.4) is 0 Å². The highest BCUT2D eigenvalue weighted by atomic mass is 32.1. The second kappa shape index (κ2) is 20.8. The zero-order valence-corrected chi connectivity index (χ0v) is 45.7. The van der Waals surface area contributed by atoms with Gasteiger partial charge in [-0.3, -0.25) is 0 Å². The van der Waals surface area contributed by atoms with Crippen molar-refractivity contribution in [3.05, 3.63) is 180 Å². The molecule has 362 valence electrons. The fourth-order valence-corrected chi connectivity index (χ4v) is 15.6. The molecule has 72 heavy (non-hydrogen) atoms. The van der Waals surface area contributed by atoms with Crippen molar-refractivity contribution in [3.8, 4) is 118 Å². The van der Waals surface area contributed by atoms with E-state index in [1.807, 2.05) is 69.6 Å². The van der Waals surface area contributed by atoms with Crippen LogP contribution in [-0.2, 0) is 0 Å². The number of methoxy groups -OCH3 is 2. The molecule has 4 heterocycles. The summed E-state index contributed by atoms with van der Waals surface area (Å²) in [5.41, 5.74) is 16.5. The Morgan fingerprint density at radius 3 is 0.806 bits per heavy atom. The predicted octanol–water partition coefficient (Wildman–Crippen LogP) is 19.8. The first-order valence-corrected chi connectivity index (χ1v) is 27.7. The Bertz CT molecular complexity index is 3290. The summed E-state index contributed by atoms with van der Waals surface area (Å²) in [6.07, 6.45) is -0.00753. The Hall–Kier alpha value is -6.68. The number of thiophene rings is 4. The summed E-state index contributed by atoms with van der Waals surface area (Å²) >= 11 is 7.49. The minimum Gasteiger partial charge on any atom is -0.496 e. The van der Waals surface area contributed by atoms with Gasteiger partial charge in [-0.05, 0) is 124 Å². The van der Waals surface area contributed by atoms with E-state index in [1.165, 1.54) is 96.0 Å². The van der Waals surface area contributed by atoms with Crippen molar-refractivity contribution in [1.29, 1.82) is 0 Å². The molecule has 6 aromatic carbocycles. The van der Waals surface area contributed by atoms with Crippen molar-refractivity contribution in [1.82, 2.24) is 0 Å². The summed E-state index contributed by atoms with van der Waals surface area (Å²) in [7, 11) is 3.50. The van der Waals surface area contributed by atoms with Crippen molar-refractivity contribution in [2.45, 2.75) is 67.6 Å². The first kappa shape index (κ1) is 48.9. The Morgan fingerprint density at radius 2 is 0.528 bits per heavy atom. The van der Waals surface area contributed by atoms with E-state index in [2.05, 4.69) is 189 Å². The van der Waals surface area contributed by atoms with Gasteiger partial charge in [-0.1, -0.05) is 133 Å². The molecule has 10 rings (SSSR count). The zero-order valence-electron chi connectivity index (χ0n) is 42.4. The lowest BCUT2D eigenvalue weighted by molar-refractivity contribution is 0.242. The summed E-state index contributed by atoms with van der Waals surface area (Å²) in [5, 5.41) is 0. The standard InChI is InChI=1S/C64H58O4S4/c1-37(2)67-49-35-23-33-47(65-9)55(49)57-39(5)41(7)59(69-57)61-51(43-25-15-11-16-26-43)53(45-29-19-13-20-30-45)63(71-61)64-54(46-31-21-14-22-32-46)52(44-27-17-12-18-28-44)62(72-64)60-42(8)40(6)58(70-60)56-48(66-10)34-24-36-50(56)68-38(3)4/h11-38H,1-10H3. The van der Waals surface area contributed by atoms with Crippen LogP contribution in [0.5, 0.6) is 23.0 Å². The third-order valence-electron chi connectivity index (χ3n) is 13.2. The SMILES string of the molecule is COc1cccc(OC(C)C)c1-c1sc(-c2sc(-c3sc(-c4sc(-c5c(OC)cccc5OC(C)C)c(C)c4C)c(-c4ccccc4)c3-c3ccccc3)c(-c3ccccc3)c2-c2ccccc2)c(C)c1C. The maximum atomic E-state index is 6.52. The third-order valence-corrected chi connectivity index (χ3v) is 18.9. The van der Waals surface area contributed by atoms with Crippen LogP contribution in [0.25, 0.3) is 94.7 Å². The lowest BCUT2D eigenvalue weighted by atomic mass is 9.90. The fourth-order valence-electron chi connectivity index (χ4n) is 9.64. The maximum Gasteiger partial charge on any atom is 0.132 e. The van der Waals surface area contributed by atoms with E-state index in [0.29, 0.717) is 0 Å². The first-order valence-electron chi connectivity index (χ1n) is 24.4. The number of rotatable bonds is 15. The smallest absolute Gasteiger partial charge is 0.132 e. The van der Waals surface area contributed by atoms with Crippen LogP contribution < -0.4 is 18.9 Å². The number of benzene rings is 6. The first-order chi connectivity index (χ1) is 35.0. The van der Waals surface area contributed by atoms with E-state index in [0.717, 1.165) is 43.9 Å². The number of hydrogen-bond donors (Lipinski definition) is 0. The quantitative estimate of drug-likeness (QED) is 0.103. The van der Waals surface area contributed by atoms with Crippen molar-refractivity contribution in [2.75, 3.05) is 14.2 Å². The molecule has 0 unspecified atom stereocenters. The van der Waals surface area contributed by atoms with Crippen LogP contribution >= 0.6 is 45.3 Å². The highest BCUT2D eigenvalue weighted by Crippen LogP contribution is 2.62. The van der Waals surface area contributed by atoms with Gasteiger partial charge in [0.05, 0.1) is 57.1 Å². The summed E-state index contributed by atoms with van der Waals surface area (Å²) in [5.74, 6) is 3.24. The van der Waals surface area contributed by atoms with Crippen LogP contribution in [0.2, 0.25) is 0 Å². The van der Waals surface area contributed by atoms with Gasteiger partial charge in [0.1, 0.15) is 23.0 Å². The van der Waals surface area contributed by atoms with Gasteiger partial charge in [0, 0.05) is 41.8 Å². The molecule has 0 saturated carbocycles. The second-order valence-electron chi connectivity index (χ2n) is 18.5. The summed E-state index contributed by atoms with van der Waals surface area (Å²) < 4.78 is 25.2. The maximum absolute atomic E-state index is 6.52. The molecule has 0 aliphatic heterocycles. The predicted molar refractivity (Wildman–Crippen MR) is 310 cm³/mol. The number of ether oxygens (including phenoxy) is 4. The van der Waals surface area contributed by atoms with Crippen molar-refractivity contribution in [3.63, 3.8) is 0 Å². The average molecular weight is 1020 g/mol. The molecule has 0 radical (unpaired) electrons. The minimum atomic E-state index is -0.00376. The van der Waals surface area contributed by atoms with E-state index in [9.17, 15) is 0 Å². The van der Waals surface area contributed by atoms with Crippen LogP contribution in [0.1, 0.15) is 49.9 Å². The Morgan fingerprint density at radius 1 is 0.278 bits per heavy atom. The minimum absolute atomic E-state index is 0.00376. The van der Waals surface area contributed by atoms with Crippen molar-refractivity contribution < 1.29 is 18.9 Å². The van der Waals surface area contributed by atoms with Crippen LogP contribution in [0.4, 0.5) is 0 Å². The third kappa shape index (κ3) is 9.00. The lowest BCUT2D eigenvalue weighted by Crippen LogP contribution is -2.07. The van der Waals surface area contributed by atoms with E-state index < -0.39 is 0 Å². The largest absolute Gasteiger partial charge is 0.496 e. The molecule has 0 N–H and O–H groups in total. The molecule has 0 amide bonds. The molecular weight excluding hydrogens is 961 g/mol. The Labute approximate surface area is 440 Å². The van der Waals surface area contributed by atoms with Crippen molar-refractivity contribution in [2.24, 2.45) is 0 Å². The molecule has 10 aromatic rings. The van der Waals surface area contributed by atoms with Gasteiger partial charge in [-0.25, -0.2) is 0 Å². The highest BCUT2D eigenvalue weighted by Gasteiger charge is 2.33. The van der Waals surface area contributed by atoms with Crippen LogP contribution in [0.15, 0.2) is 158 Å². The van der Waals surface area contributed by atoms with Crippen molar-refractivity contribution >= 4 is 45.3 Å². The molecule has 0 aliphatic carbocycles. The van der Waals surface area contributed by atoms with Gasteiger partial charge < -0.3 is 18.9 Å². The van der Waals surface area contributed by atoms with E-state index >= 15 is 0 Å². The topological polar surface area (TPSA) is 36.9 Å². The Balaban J connectivity index is 1.33. The zero-order chi connectivity index (χ0) is 50.2. The van der Waals surface area contributed by atoms with Crippen LogP contribution in [0, 0.1) is 27.7 Å². The molecule has 4 nitrogen and oxygen atoms in total. The van der Waals surface area contributed by atoms with Crippen LogP contribution in [-0.4, -0.2) is 26.4 Å². The lowest BCUT2D eigenvalue weighted by Gasteiger charge is -2.16. The molecule has 0 fully saturated rings. The second-order valence-corrected chi connectivity index (χ2v) is 22.6. The molecule has 0 aliphatic rings. The molecule has 0 spiro atoms.